The molecule has 1 aromatic heterocycles. The smallest absolute Gasteiger partial charge is 0.259 e. The molecule has 144 valence electrons. The van der Waals surface area contributed by atoms with E-state index in [9.17, 15) is 9.59 Å². The maximum absolute atomic E-state index is 12.2. The van der Waals surface area contributed by atoms with E-state index in [1.54, 1.807) is 24.3 Å². The first kappa shape index (κ1) is 20.3. The maximum atomic E-state index is 12.2. The van der Waals surface area contributed by atoms with Gasteiger partial charge in [-0.3, -0.25) is 14.9 Å². The van der Waals surface area contributed by atoms with E-state index in [0.29, 0.717) is 20.1 Å². The normalized spacial score (nSPS) is 10.5. The van der Waals surface area contributed by atoms with E-state index in [1.807, 2.05) is 32.0 Å². The third kappa shape index (κ3) is 5.31. The molecule has 0 aliphatic rings. The Hall–Kier alpha value is -2.42. The first-order valence-electron chi connectivity index (χ1n) is 8.31. The summed E-state index contributed by atoms with van der Waals surface area (Å²) in [6.45, 7) is 3.96. The number of carbonyl (C=O) groups excluding carboxylic acids is 2. The van der Waals surface area contributed by atoms with Gasteiger partial charge in [0.1, 0.15) is 0 Å². The van der Waals surface area contributed by atoms with Crippen LogP contribution in [-0.2, 0) is 4.79 Å². The Bertz CT molecular complexity index is 1020. The van der Waals surface area contributed by atoms with E-state index in [-0.39, 0.29) is 17.6 Å². The molecule has 6 nitrogen and oxygen atoms in total. The Morgan fingerprint density at radius 1 is 1.11 bits per heavy atom. The predicted molar refractivity (Wildman–Crippen MR) is 115 cm³/mol. The molecule has 2 aromatic carbocycles. The second-order valence-electron chi connectivity index (χ2n) is 5.96. The van der Waals surface area contributed by atoms with E-state index >= 15 is 0 Å². The van der Waals surface area contributed by atoms with Gasteiger partial charge >= 0.3 is 0 Å². The number of nitrogens with one attached hydrogen (secondary N) is 2. The lowest BCUT2D eigenvalue weighted by Crippen LogP contribution is -2.14. The Balaban J connectivity index is 1.54. The van der Waals surface area contributed by atoms with Gasteiger partial charge in [0.2, 0.25) is 11.0 Å². The monoisotopic (exact) mass is 432 g/mol. The molecule has 1 heterocycles. The first-order valence-corrected chi connectivity index (χ1v) is 10.5. The van der Waals surface area contributed by atoms with Gasteiger partial charge in [-0.05, 0) is 37.6 Å². The maximum Gasteiger partial charge on any atom is 0.259 e. The van der Waals surface area contributed by atoms with E-state index in [1.165, 1.54) is 23.1 Å². The fourth-order valence-corrected chi connectivity index (χ4v) is 4.16. The molecule has 3 aromatic rings. The molecular formula is C19H17ClN4O2S2. The number of aromatic nitrogens is 2. The van der Waals surface area contributed by atoms with Crippen molar-refractivity contribution < 1.29 is 9.59 Å². The molecule has 28 heavy (non-hydrogen) atoms. The fourth-order valence-electron chi connectivity index (χ4n) is 2.40. The highest BCUT2D eigenvalue weighted by Gasteiger charge is 2.14. The number of rotatable bonds is 6. The van der Waals surface area contributed by atoms with E-state index in [2.05, 4.69) is 20.8 Å². The van der Waals surface area contributed by atoms with Crippen LogP contribution in [-0.4, -0.2) is 27.8 Å². The molecule has 0 aliphatic heterocycles. The Kier molecular flexibility index (Phi) is 6.66. The summed E-state index contributed by atoms with van der Waals surface area (Å²) in [4.78, 5) is 24.4. The molecule has 0 radical (unpaired) electrons. The summed E-state index contributed by atoms with van der Waals surface area (Å²) in [5, 5.41) is 14.2. The topological polar surface area (TPSA) is 84.0 Å². The van der Waals surface area contributed by atoms with Crippen LogP contribution >= 0.6 is 34.7 Å². The summed E-state index contributed by atoms with van der Waals surface area (Å²) in [6, 6.07) is 12.6. The van der Waals surface area contributed by atoms with Crippen LogP contribution in [0.5, 0.6) is 0 Å². The molecule has 9 heteroatoms. The third-order valence-corrected chi connectivity index (χ3v) is 6.03. The Morgan fingerprint density at radius 2 is 1.89 bits per heavy atom. The van der Waals surface area contributed by atoms with Crippen molar-refractivity contribution in [1.82, 2.24) is 10.2 Å². The van der Waals surface area contributed by atoms with Gasteiger partial charge in [-0.2, -0.15) is 0 Å². The average molecular weight is 433 g/mol. The van der Waals surface area contributed by atoms with Gasteiger partial charge in [-0.15, -0.1) is 10.2 Å². The minimum atomic E-state index is -0.356. The summed E-state index contributed by atoms with van der Waals surface area (Å²) < 4.78 is 0.588. The second-order valence-corrected chi connectivity index (χ2v) is 8.57. The van der Waals surface area contributed by atoms with Gasteiger partial charge in [0, 0.05) is 5.69 Å². The lowest BCUT2D eigenvalue weighted by Gasteiger charge is -2.08. The van der Waals surface area contributed by atoms with Crippen LogP contribution in [0.15, 0.2) is 46.8 Å². The number of aryl methyl sites for hydroxylation is 2. The zero-order valence-electron chi connectivity index (χ0n) is 15.2. The lowest BCUT2D eigenvalue weighted by atomic mass is 10.1. The average Bonchev–Trinajstić information content (AvgIpc) is 3.10. The zero-order chi connectivity index (χ0) is 20.1. The standard InChI is InChI=1S/C19H17ClN4O2S2/c1-11-7-8-15(12(2)9-11)21-16(25)10-27-19-24-23-18(28-19)22-17(26)13-5-3-4-6-14(13)20/h3-9H,10H2,1-2H3,(H,21,25)(H,22,23,26). The molecule has 2 N–H and O–H groups in total. The number of halogens is 1. The van der Waals surface area contributed by atoms with Gasteiger partial charge in [-0.25, -0.2) is 0 Å². The van der Waals surface area contributed by atoms with Gasteiger partial charge in [0.25, 0.3) is 5.91 Å². The molecule has 0 fully saturated rings. The van der Waals surface area contributed by atoms with Crippen molar-refractivity contribution in [2.45, 2.75) is 18.2 Å². The molecular weight excluding hydrogens is 416 g/mol. The number of hydrogen-bond acceptors (Lipinski definition) is 6. The summed E-state index contributed by atoms with van der Waals surface area (Å²) in [7, 11) is 0. The number of anilines is 2. The van der Waals surface area contributed by atoms with Crippen molar-refractivity contribution in [2.75, 3.05) is 16.4 Å². The van der Waals surface area contributed by atoms with Crippen LogP contribution in [0.4, 0.5) is 10.8 Å². The minimum Gasteiger partial charge on any atom is -0.325 e. The highest BCUT2D eigenvalue weighted by molar-refractivity contribution is 8.01. The van der Waals surface area contributed by atoms with Crippen molar-refractivity contribution in [3.63, 3.8) is 0 Å². The predicted octanol–water partition coefficient (Wildman–Crippen LogP) is 4.79. The molecule has 0 atom stereocenters. The SMILES string of the molecule is Cc1ccc(NC(=O)CSc2nnc(NC(=O)c3ccccc3Cl)s2)c(C)c1. The number of benzene rings is 2. The largest absolute Gasteiger partial charge is 0.325 e. The summed E-state index contributed by atoms with van der Waals surface area (Å²) >= 11 is 8.48. The van der Waals surface area contributed by atoms with E-state index in [0.717, 1.165) is 16.8 Å². The van der Waals surface area contributed by atoms with Crippen LogP contribution in [0.25, 0.3) is 0 Å². The molecule has 2 amide bonds. The summed E-state index contributed by atoms with van der Waals surface area (Å²) in [6.07, 6.45) is 0. The number of thioether (sulfide) groups is 1. The van der Waals surface area contributed by atoms with Crippen LogP contribution in [0, 0.1) is 13.8 Å². The molecule has 0 bridgehead atoms. The van der Waals surface area contributed by atoms with Crippen LogP contribution in [0.3, 0.4) is 0 Å². The van der Waals surface area contributed by atoms with Gasteiger partial charge < -0.3 is 5.32 Å². The highest BCUT2D eigenvalue weighted by Crippen LogP contribution is 2.27. The van der Waals surface area contributed by atoms with Crippen LogP contribution in [0.1, 0.15) is 21.5 Å². The number of amides is 2. The highest BCUT2D eigenvalue weighted by atomic mass is 35.5. The molecule has 0 saturated heterocycles. The minimum absolute atomic E-state index is 0.131. The zero-order valence-corrected chi connectivity index (χ0v) is 17.5. The molecule has 0 aliphatic carbocycles. The van der Waals surface area contributed by atoms with Gasteiger partial charge in [0.15, 0.2) is 4.34 Å². The number of nitrogens with zero attached hydrogens (tertiary/aromatic N) is 2. The third-order valence-electron chi connectivity index (χ3n) is 3.73. The van der Waals surface area contributed by atoms with E-state index in [4.69, 9.17) is 11.6 Å². The van der Waals surface area contributed by atoms with Gasteiger partial charge in [0.05, 0.1) is 16.3 Å². The van der Waals surface area contributed by atoms with Gasteiger partial charge in [-0.1, -0.05) is 64.5 Å². The molecule has 0 unspecified atom stereocenters. The van der Waals surface area contributed by atoms with Crippen molar-refractivity contribution in [3.05, 3.63) is 64.2 Å². The van der Waals surface area contributed by atoms with Crippen molar-refractivity contribution in [2.24, 2.45) is 0 Å². The van der Waals surface area contributed by atoms with Crippen molar-refractivity contribution >= 4 is 57.3 Å². The Morgan fingerprint density at radius 3 is 2.64 bits per heavy atom. The van der Waals surface area contributed by atoms with Crippen LogP contribution in [0.2, 0.25) is 5.02 Å². The van der Waals surface area contributed by atoms with Crippen molar-refractivity contribution in [1.29, 1.82) is 0 Å². The molecule has 0 saturated carbocycles. The second kappa shape index (κ2) is 9.18. The first-order chi connectivity index (χ1) is 13.4. The van der Waals surface area contributed by atoms with Crippen LogP contribution < -0.4 is 10.6 Å². The summed E-state index contributed by atoms with van der Waals surface area (Å²) in [5.41, 5.74) is 3.31. The molecule has 0 spiro atoms. The molecule has 3 rings (SSSR count). The lowest BCUT2D eigenvalue weighted by molar-refractivity contribution is -0.113. The number of carbonyl (C=O) groups is 2. The quantitative estimate of drug-likeness (QED) is 0.432. The van der Waals surface area contributed by atoms with E-state index < -0.39 is 0 Å². The summed E-state index contributed by atoms with van der Waals surface area (Å²) in [5.74, 6) is -0.292. The Labute approximate surface area is 175 Å². The fraction of sp³-hybridized carbons (Fsp3) is 0.158. The van der Waals surface area contributed by atoms with Crippen molar-refractivity contribution in [3.8, 4) is 0 Å². The number of hydrogen-bond donors (Lipinski definition) is 2.